The van der Waals surface area contributed by atoms with Crippen molar-refractivity contribution < 1.29 is 44.4 Å². The molecule has 0 aliphatic heterocycles. The zero-order chi connectivity index (χ0) is 6.99. The number of hydrogen-bond donors (Lipinski definition) is 1. The molecular formula is C3H4O5Zn. The van der Waals surface area contributed by atoms with Gasteiger partial charge in [-0.15, -0.1) is 0 Å². The van der Waals surface area contributed by atoms with Gasteiger partial charge in [0.05, 0.1) is 12.6 Å². The first-order chi connectivity index (χ1) is 3.68. The van der Waals surface area contributed by atoms with Gasteiger partial charge in [-0.1, -0.05) is 0 Å². The van der Waals surface area contributed by atoms with Gasteiger partial charge in [-0.05, 0) is 0 Å². The fraction of sp³-hybridized carbons (Fsp3) is 0.333. The summed E-state index contributed by atoms with van der Waals surface area (Å²) in [6, 6.07) is 0. The van der Waals surface area contributed by atoms with E-state index in [2.05, 4.69) is 0 Å². The molecule has 0 spiro atoms. The molecule has 0 aliphatic rings. The van der Waals surface area contributed by atoms with E-state index in [1.807, 2.05) is 0 Å². The van der Waals surface area contributed by atoms with Gasteiger partial charge in [0, 0.05) is 6.47 Å². The van der Waals surface area contributed by atoms with Gasteiger partial charge in [-0.3, -0.25) is 0 Å². The van der Waals surface area contributed by atoms with E-state index < -0.39 is 19.0 Å². The number of aliphatic carboxylic acids is 1. The third kappa shape index (κ3) is 98.9. The zero-order valence-corrected chi connectivity index (χ0v) is 7.54. The van der Waals surface area contributed by atoms with Crippen LogP contribution in [-0.2, 0) is 29.1 Å². The Kier molecular flexibility index (Phi) is 27.5. The SMILES string of the molecule is O=C([O-])CO.O=C[O-].[Zn+2]. The molecule has 0 atom stereocenters. The van der Waals surface area contributed by atoms with Crippen LogP contribution >= 0.6 is 0 Å². The quantitative estimate of drug-likeness (QED) is 0.332. The predicted octanol–water partition coefficient (Wildman–Crippen LogP) is -3.91. The van der Waals surface area contributed by atoms with Crippen molar-refractivity contribution in [1.82, 2.24) is 0 Å². The summed E-state index contributed by atoms with van der Waals surface area (Å²) >= 11 is 0. The predicted molar refractivity (Wildman–Crippen MR) is 18.2 cm³/mol. The molecule has 0 fully saturated rings. The Bertz CT molecular complexity index is 72.6. The summed E-state index contributed by atoms with van der Waals surface area (Å²) in [5.41, 5.74) is 0. The first kappa shape index (κ1) is 15.8. The number of hydrogen-bond acceptors (Lipinski definition) is 5. The summed E-state index contributed by atoms with van der Waals surface area (Å²) in [7, 11) is 0. The topological polar surface area (TPSA) is 100 Å². The van der Waals surface area contributed by atoms with E-state index in [1.165, 1.54) is 0 Å². The molecule has 0 heterocycles. The van der Waals surface area contributed by atoms with E-state index in [-0.39, 0.29) is 19.5 Å². The molecule has 0 unspecified atom stereocenters. The monoisotopic (exact) mass is 184 g/mol. The van der Waals surface area contributed by atoms with Crippen LogP contribution in [0.25, 0.3) is 0 Å². The molecule has 0 aromatic rings. The summed E-state index contributed by atoms with van der Waals surface area (Å²) in [4.78, 5) is 17.3. The van der Waals surface area contributed by atoms with Crippen LogP contribution in [0.4, 0.5) is 0 Å². The van der Waals surface area contributed by atoms with Crippen LogP contribution < -0.4 is 10.2 Å². The van der Waals surface area contributed by atoms with Gasteiger partial charge in [-0.2, -0.15) is 0 Å². The van der Waals surface area contributed by atoms with Gasteiger partial charge in [0.25, 0.3) is 0 Å². The Morgan fingerprint density at radius 2 is 1.78 bits per heavy atom. The van der Waals surface area contributed by atoms with Crippen molar-refractivity contribution >= 4 is 12.4 Å². The second kappa shape index (κ2) is 15.6. The molecule has 9 heavy (non-hydrogen) atoms. The minimum atomic E-state index is -1.44. The first-order valence-electron chi connectivity index (χ1n) is 1.55. The van der Waals surface area contributed by atoms with E-state index in [9.17, 15) is 0 Å². The molecule has 48 valence electrons. The Morgan fingerprint density at radius 3 is 1.78 bits per heavy atom. The third-order valence-electron chi connectivity index (χ3n) is 0.129. The first-order valence-corrected chi connectivity index (χ1v) is 1.55. The third-order valence-corrected chi connectivity index (χ3v) is 0.129. The molecule has 5 nitrogen and oxygen atoms in total. The maximum absolute atomic E-state index is 9.01. The molecule has 0 rings (SSSR count). The summed E-state index contributed by atoms with van der Waals surface area (Å²) < 4.78 is 0. The number of aliphatic hydroxyl groups excluding tert-OH is 1. The van der Waals surface area contributed by atoms with Gasteiger partial charge in [0.15, 0.2) is 0 Å². The zero-order valence-electron chi connectivity index (χ0n) is 4.57. The standard InChI is InChI=1S/C2H4O3.CH2O2.Zn/c3-1-2(4)5;2-1-3;/h3H,1H2,(H,4,5);1H,(H,2,3);/q;;+2/p-2. The van der Waals surface area contributed by atoms with Crippen LogP contribution in [0.2, 0.25) is 0 Å². The Labute approximate surface area is 64.1 Å². The average Bonchev–Trinajstić information content (AvgIpc) is 1.69. The maximum Gasteiger partial charge on any atom is 2.00 e. The van der Waals surface area contributed by atoms with Gasteiger partial charge >= 0.3 is 19.5 Å². The smallest absolute Gasteiger partial charge is 0.554 e. The van der Waals surface area contributed by atoms with Gasteiger partial charge < -0.3 is 24.9 Å². The van der Waals surface area contributed by atoms with Crippen LogP contribution in [0.15, 0.2) is 0 Å². The molecule has 0 aromatic carbocycles. The minimum absolute atomic E-state index is 0. The Morgan fingerprint density at radius 1 is 1.67 bits per heavy atom. The second-order valence-electron chi connectivity index (χ2n) is 0.626. The van der Waals surface area contributed by atoms with Gasteiger partial charge in [0.1, 0.15) is 0 Å². The van der Waals surface area contributed by atoms with E-state index in [0.717, 1.165) is 0 Å². The second-order valence-corrected chi connectivity index (χ2v) is 0.626. The largest absolute Gasteiger partial charge is 2.00 e. The molecule has 0 aromatic heterocycles. The van der Waals surface area contributed by atoms with Crippen molar-refractivity contribution in [1.29, 1.82) is 0 Å². The molecule has 0 radical (unpaired) electrons. The number of carboxylic acid groups (broad SMARTS) is 2. The molecule has 0 amide bonds. The van der Waals surface area contributed by atoms with E-state index in [4.69, 9.17) is 24.9 Å². The molecule has 0 bridgehead atoms. The van der Waals surface area contributed by atoms with Crippen LogP contribution in [-0.4, -0.2) is 24.2 Å². The van der Waals surface area contributed by atoms with Crippen molar-refractivity contribution in [2.75, 3.05) is 6.61 Å². The van der Waals surface area contributed by atoms with E-state index >= 15 is 0 Å². The normalized spacial score (nSPS) is 5.44. The molecule has 0 saturated heterocycles. The van der Waals surface area contributed by atoms with Crippen LogP contribution in [0.5, 0.6) is 0 Å². The number of rotatable bonds is 1. The summed E-state index contributed by atoms with van der Waals surface area (Å²) in [6.07, 6.45) is 0. The van der Waals surface area contributed by atoms with Crippen molar-refractivity contribution in [3.05, 3.63) is 0 Å². The number of aliphatic hydroxyl groups is 1. The average molecular weight is 185 g/mol. The van der Waals surface area contributed by atoms with E-state index in [0.29, 0.717) is 0 Å². The molecule has 0 aliphatic carbocycles. The Balaban J connectivity index is -0.0000000800. The minimum Gasteiger partial charge on any atom is -0.554 e. The molecule has 6 heteroatoms. The van der Waals surface area contributed by atoms with Gasteiger partial charge in [-0.25, -0.2) is 0 Å². The van der Waals surface area contributed by atoms with Gasteiger partial charge in [0.2, 0.25) is 0 Å². The number of carbonyl (C=O) groups excluding carboxylic acids is 2. The molecular weight excluding hydrogens is 181 g/mol. The Hall–Kier alpha value is -0.477. The maximum atomic E-state index is 9.01. The van der Waals surface area contributed by atoms with Crippen molar-refractivity contribution in [2.45, 2.75) is 0 Å². The van der Waals surface area contributed by atoms with Crippen molar-refractivity contribution in [3.63, 3.8) is 0 Å². The molecule has 1 N–H and O–H groups in total. The number of carboxylic acids is 1. The fourth-order valence-corrected chi connectivity index (χ4v) is 0. The van der Waals surface area contributed by atoms with Crippen LogP contribution in [0.1, 0.15) is 0 Å². The summed E-state index contributed by atoms with van der Waals surface area (Å²) in [5, 5.41) is 24.7. The summed E-state index contributed by atoms with van der Waals surface area (Å²) in [5.74, 6) is -1.44. The summed E-state index contributed by atoms with van der Waals surface area (Å²) in [6.45, 7) is -1.39. The number of carbonyl (C=O) groups is 2. The van der Waals surface area contributed by atoms with E-state index in [1.54, 1.807) is 0 Å². The van der Waals surface area contributed by atoms with Crippen LogP contribution in [0, 0.1) is 0 Å². The fourth-order valence-electron chi connectivity index (χ4n) is 0. The van der Waals surface area contributed by atoms with Crippen molar-refractivity contribution in [2.24, 2.45) is 0 Å². The molecule has 0 saturated carbocycles. The van der Waals surface area contributed by atoms with Crippen molar-refractivity contribution in [3.8, 4) is 0 Å². The van der Waals surface area contributed by atoms with Crippen LogP contribution in [0.3, 0.4) is 0 Å².